The van der Waals surface area contributed by atoms with Crippen molar-refractivity contribution in [3.63, 3.8) is 0 Å². The van der Waals surface area contributed by atoms with E-state index in [-0.39, 0.29) is 37.3 Å². The second-order valence-electron chi connectivity index (χ2n) is 6.70. The summed E-state index contributed by atoms with van der Waals surface area (Å²) in [4.78, 5) is 41.8. The molecule has 152 valence electrons. The monoisotopic (exact) mass is 424 g/mol. The summed E-state index contributed by atoms with van der Waals surface area (Å²) in [6.45, 7) is 0.0562. The maximum Gasteiger partial charge on any atom is 0.306 e. The highest BCUT2D eigenvalue weighted by molar-refractivity contribution is 6.30. The van der Waals surface area contributed by atoms with Gasteiger partial charge >= 0.3 is 5.97 Å². The van der Waals surface area contributed by atoms with E-state index in [1.165, 1.54) is 0 Å². The Morgan fingerprint density at radius 2 is 1.70 bits per heavy atom. The highest BCUT2D eigenvalue weighted by Crippen LogP contribution is 2.24. The van der Waals surface area contributed by atoms with Crippen molar-refractivity contribution >= 4 is 29.4 Å². The summed E-state index contributed by atoms with van der Waals surface area (Å²) in [6, 6.07) is 13.8. The number of nitrogens with zero attached hydrogens (tertiary/aromatic N) is 2. The number of esters is 1. The fraction of sp³-hybridized carbons (Fsp3) is 0.182. The lowest BCUT2D eigenvalue weighted by atomic mass is 10.1. The van der Waals surface area contributed by atoms with E-state index in [1.54, 1.807) is 54.7 Å². The number of aromatic nitrogens is 1. The van der Waals surface area contributed by atoms with Gasteiger partial charge in [0.2, 0.25) is 5.89 Å². The number of hydrogen-bond donors (Lipinski definition) is 0. The first kappa shape index (κ1) is 19.8. The zero-order valence-electron chi connectivity index (χ0n) is 15.8. The van der Waals surface area contributed by atoms with Crippen molar-refractivity contribution < 1.29 is 23.5 Å². The first-order valence-electron chi connectivity index (χ1n) is 9.34. The average Bonchev–Trinajstić information content (AvgIpc) is 3.32. The third-order valence-corrected chi connectivity index (χ3v) is 4.93. The minimum Gasteiger partial charge on any atom is -0.456 e. The summed E-state index contributed by atoms with van der Waals surface area (Å²) >= 11 is 5.87. The molecule has 8 heteroatoms. The number of amides is 2. The van der Waals surface area contributed by atoms with Crippen LogP contribution in [0.2, 0.25) is 5.02 Å². The van der Waals surface area contributed by atoms with Crippen LogP contribution in [0, 0.1) is 0 Å². The van der Waals surface area contributed by atoms with Gasteiger partial charge < -0.3 is 9.15 Å². The van der Waals surface area contributed by atoms with Gasteiger partial charge in [0.1, 0.15) is 0 Å². The topological polar surface area (TPSA) is 89.7 Å². The molecule has 0 saturated heterocycles. The van der Waals surface area contributed by atoms with Crippen molar-refractivity contribution in [2.45, 2.75) is 19.4 Å². The van der Waals surface area contributed by atoms with E-state index in [0.717, 1.165) is 10.5 Å². The molecule has 1 aliphatic heterocycles. The molecule has 3 aromatic rings. The van der Waals surface area contributed by atoms with Crippen LogP contribution in [0.5, 0.6) is 0 Å². The number of hydrogen-bond acceptors (Lipinski definition) is 6. The van der Waals surface area contributed by atoms with Crippen LogP contribution >= 0.6 is 11.6 Å². The Balaban J connectivity index is 1.24. The Hall–Kier alpha value is -3.45. The molecule has 0 saturated carbocycles. The van der Waals surface area contributed by atoms with E-state index in [0.29, 0.717) is 28.3 Å². The third-order valence-electron chi connectivity index (χ3n) is 4.68. The lowest BCUT2D eigenvalue weighted by molar-refractivity contribution is -0.145. The van der Waals surface area contributed by atoms with E-state index < -0.39 is 5.97 Å². The summed E-state index contributed by atoms with van der Waals surface area (Å²) in [6.07, 6.45) is 1.93. The minimum atomic E-state index is -0.460. The van der Waals surface area contributed by atoms with Crippen LogP contribution in [0.3, 0.4) is 0 Å². The number of ether oxygens (including phenoxy) is 1. The fourth-order valence-electron chi connectivity index (χ4n) is 3.16. The summed E-state index contributed by atoms with van der Waals surface area (Å²) in [7, 11) is 0. The average molecular weight is 425 g/mol. The van der Waals surface area contributed by atoms with E-state index in [1.807, 2.05) is 0 Å². The zero-order chi connectivity index (χ0) is 21.1. The Morgan fingerprint density at radius 1 is 1.03 bits per heavy atom. The van der Waals surface area contributed by atoms with Gasteiger partial charge in [0.25, 0.3) is 11.8 Å². The van der Waals surface area contributed by atoms with Crippen molar-refractivity contribution in [3.8, 4) is 11.3 Å². The molecule has 0 spiro atoms. The van der Waals surface area contributed by atoms with Gasteiger partial charge in [-0.3, -0.25) is 19.3 Å². The first-order valence-corrected chi connectivity index (χ1v) is 9.72. The van der Waals surface area contributed by atoms with Crippen molar-refractivity contribution in [1.82, 2.24) is 9.88 Å². The molecule has 30 heavy (non-hydrogen) atoms. The van der Waals surface area contributed by atoms with Gasteiger partial charge in [-0.2, -0.15) is 0 Å². The van der Waals surface area contributed by atoms with Crippen molar-refractivity contribution in [2.24, 2.45) is 0 Å². The smallest absolute Gasteiger partial charge is 0.306 e. The molecule has 0 unspecified atom stereocenters. The molecule has 0 radical (unpaired) electrons. The van der Waals surface area contributed by atoms with Crippen molar-refractivity contribution in [3.05, 3.63) is 76.8 Å². The molecule has 2 heterocycles. The van der Waals surface area contributed by atoms with Gasteiger partial charge in [-0.05, 0) is 42.8 Å². The van der Waals surface area contributed by atoms with Crippen molar-refractivity contribution in [1.29, 1.82) is 0 Å². The standard InChI is InChI=1S/C22H17ClN2O5/c23-15-9-7-14(8-10-15)18-12-24-19(30-18)13-29-20(26)6-3-11-25-21(27)16-4-1-2-5-17(16)22(25)28/h1-2,4-5,7-10,12H,3,6,11,13H2. The van der Waals surface area contributed by atoms with E-state index >= 15 is 0 Å². The second kappa shape index (κ2) is 8.51. The van der Waals surface area contributed by atoms with E-state index in [4.69, 9.17) is 20.8 Å². The summed E-state index contributed by atoms with van der Waals surface area (Å²) in [5.41, 5.74) is 1.60. The van der Waals surface area contributed by atoms with Gasteiger partial charge in [-0.25, -0.2) is 4.98 Å². The number of benzene rings is 2. The lowest BCUT2D eigenvalue weighted by Crippen LogP contribution is -2.31. The molecular weight excluding hydrogens is 408 g/mol. The molecule has 7 nitrogen and oxygen atoms in total. The van der Waals surface area contributed by atoms with Crippen LogP contribution in [-0.2, 0) is 16.1 Å². The molecule has 1 aromatic heterocycles. The molecule has 2 aromatic carbocycles. The predicted octanol–water partition coefficient (Wildman–Crippen LogP) is 4.11. The van der Waals surface area contributed by atoms with Gasteiger partial charge in [-0.1, -0.05) is 23.7 Å². The number of oxazole rings is 1. The SMILES string of the molecule is O=C(CCCN1C(=O)c2ccccc2C1=O)OCc1ncc(-c2ccc(Cl)cc2)o1. The molecule has 4 rings (SSSR count). The quantitative estimate of drug-likeness (QED) is 0.418. The normalized spacial score (nSPS) is 12.9. The van der Waals surface area contributed by atoms with Crippen LogP contribution in [0.15, 0.2) is 59.1 Å². The highest BCUT2D eigenvalue weighted by Gasteiger charge is 2.34. The molecule has 1 aliphatic rings. The van der Waals surface area contributed by atoms with Crippen LogP contribution in [0.4, 0.5) is 0 Å². The number of halogens is 1. The Labute approximate surface area is 177 Å². The van der Waals surface area contributed by atoms with Crippen LogP contribution in [0.1, 0.15) is 39.4 Å². The van der Waals surface area contributed by atoms with E-state index in [2.05, 4.69) is 4.98 Å². The maximum atomic E-state index is 12.3. The number of imide groups is 1. The molecular formula is C22H17ClN2O5. The number of carbonyl (C=O) groups excluding carboxylic acids is 3. The van der Waals surface area contributed by atoms with Gasteiger partial charge in [-0.15, -0.1) is 0 Å². The highest BCUT2D eigenvalue weighted by atomic mass is 35.5. The molecule has 2 amide bonds. The van der Waals surface area contributed by atoms with Crippen LogP contribution < -0.4 is 0 Å². The molecule has 0 aliphatic carbocycles. The number of carbonyl (C=O) groups is 3. The predicted molar refractivity (Wildman–Crippen MR) is 108 cm³/mol. The van der Waals surface area contributed by atoms with E-state index in [9.17, 15) is 14.4 Å². The third kappa shape index (κ3) is 4.11. The van der Waals surface area contributed by atoms with Gasteiger partial charge in [0.15, 0.2) is 12.4 Å². The Kier molecular flexibility index (Phi) is 5.63. The molecule has 0 N–H and O–H groups in total. The van der Waals surface area contributed by atoms with Gasteiger partial charge in [0.05, 0.1) is 17.3 Å². The van der Waals surface area contributed by atoms with Gasteiger partial charge in [0, 0.05) is 23.6 Å². The van der Waals surface area contributed by atoms with Crippen molar-refractivity contribution in [2.75, 3.05) is 6.54 Å². The molecule has 0 fully saturated rings. The Bertz CT molecular complexity index is 1070. The Morgan fingerprint density at radius 3 is 2.37 bits per heavy atom. The fourth-order valence-corrected chi connectivity index (χ4v) is 3.29. The first-order chi connectivity index (χ1) is 14.5. The minimum absolute atomic E-state index is 0.0676. The van der Waals surface area contributed by atoms with Crippen LogP contribution in [-0.4, -0.2) is 34.2 Å². The lowest BCUT2D eigenvalue weighted by Gasteiger charge is -2.13. The maximum absolute atomic E-state index is 12.3. The zero-order valence-corrected chi connectivity index (χ0v) is 16.6. The van der Waals surface area contributed by atoms with Crippen LogP contribution in [0.25, 0.3) is 11.3 Å². The largest absolute Gasteiger partial charge is 0.456 e. The summed E-state index contributed by atoms with van der Waals surface area (Å²) in [5.74, 6) is -0.313. The number of rotatable bonds is 7. The molecule has 0 bridgehead atoms. The number of fused-ring (bicyclic) bond motifs is 1. The second-order valence-corrected chi connectivity index (χ2v) is 7.13. The summed E-state index contributed by atoms with van der Waals surface area (Å²) < 4.78 is 10.8. The molecule has 0 atom stereocenters. The summed E-state index contributed by atoms with van der Waals surface area (Å²) in [5, 5.41) is 0.619.